The zero-order chi connectivity index (χ0) is 20.4. The fourth-order valence-electron chi connectivity index (χ4n) is 3.34. The molecule has 3 heterocycles. The van der Waals surface area contributed by atoms with Gasteiger partial charge in [0.25, 0.3) is 0 Å². The number of carbonyl (C=O) groups is 1. The van der Waals surface area contributed by atoms with Crippen molar-refractivity contribution in [3.05, 3.63) is 30.2 Å². The van der Waals surface area contributed by atoms with Gasteiger partial charge in [0.15, 0.2) is 0 Å². The van der Waals surface area contributed by atoms with Gasteiger partial charge in [-0.3, -0.25) is 0 Å². The molecule has 2 fully saturated rings. The Hall–Kier alpha value is -2.61. The zero-order valence-corrected chi connectivity index (χ0v) is 17.1. The van der Waals surface area contributed by atoms with Gasteiger partial charge in [-0.05, 0) is 45.7 Å². The lowest BCUT2D eigenvalue weighted by atomic mass is 9.97. The Kier molecular flexibility index (Phi) is 5.45. The van der Waals surface area contributed by atoms with E-state index in [9.17, 15) is 4.79 Å². The third-order valence-electron chi connectivity index (χ3n) is 4.94. The van der Waals surface area contributed by atoms with Crippen LogP contribution in [0.5, 0.6) is 5.75 Å². The molecule has 0 aliphatic carbocycles. The Morgan fingerprint density at radius 3 is 2.62 bits per heavy atom. The van der Waals surface area contributed by atoms with E-state index in [-0.39, 0.29) is 18.1 Å². The van der Waals surface area contributed by atoms with Crippen LogP contribution in [-0.2, 0) is 9.47 Å². The molecule has 0 radical (unpaired) electrons. The number of benzene rings is 1. The minimum absolute atomic E-state index is 0.112. The van der Waals surface area contributed by atoms with E-state index < -0.39 is 5.60 Å². The van der Waals surface area contributed by atoms with Crippen LogP contribution in [0.1, 0.15) is 45.4 Å². The van der Waals surface area contributed by atoms with Crippen molar-refractivity contribution in [3.8, 4) is 17.1 Å². The second kappa shape index (κ2) is 8.02. The highest BCUT2D eigenvalue weighted by Gasteiger charge is 2.30. The quantitative estimate of drug-likeness (QED) is 0.773. The fourth-order valence-corrected chi connectivity index (χ4v) is 3.34. The summed E-state index contributed by atoms with van der Waals surface area (Å²) in [6, 6.07) is 7.68. The van der Waals surface area contributed by atoms with Gasteiger partial charge in [-0.15, -0.1) is 0 Å². The smallest absolute Gasteiger partial charge is 0.410 e. The number of nitrogens with zero attached hydrogens (tertiary/aromatic N) is 3. The first-order chi connectivity index (χ1) is 13.9. The number of rotatable bonds is 4. The number of carbonyl (C=O) groups excluding carboxylic acids is 1. The average Bonchev–Trinajstić information content (AvgIpc) is 3.14. The number of aromatic nitrogens is 2. The summed E-state index contributed by atoms with van der Waals surface area (Å²) in [5.41, 5.74) is 0.364. The molecule has 156 valence electrons. The Balaban J connectivity index is 1.36. The molecule has 29 heavy (non-hydrogen) atoms. The first-order valence-corrected chi connectivity index (χ1v) is 10.0. The van der Waals surface area contributed by atoms with Crippen LogP contribution in [0.3, 0.4) is 0 Å². The highest BCUT2D eigenvalue weighted by molar-refractivity contribution is 5.68. The molecule has 0 unspecified atom stereocenters. The predicted molar refractivity (Wildman–Crippen MR) is 105 cm³/mol. The van der Waals surface area contributed by atoms with E-state index in [4.69, 9.17) is 18.7 Å². The third-order valence-corrected chi connectivity index (χ3v) is 4.94. The van der Waals surface area contributed by atoms with Gasteiger partial charge in [0.1, 0.15) is 17.5 Å². The molecule has 0 bridgehead atoms. The van der Waals surface area contributed by atoms with Gasteiger partial charge >= 0.3 is 6.09 Å². The highest BCUT2D eigenvalue weighted by atomic mass is 16.6. The number of piperidine rings is 1. The van der Waals surface area contributed by atoms with Crippen LogP contribution in [0.2, 0.25) is 0 Å². The summed E-state index contributed by atoms with van der Waals surface area (Å²) in [5.74, 6) is 2.07. The molecule has 4 rings (SSSR count). The summed E-state index contributed by atoms with van der Waals surface area (Å²) in [5, 5.41) is 4.15. The van der Waals surface area contributed by atoms with Crippen molar-refractivity contribution < 1.29 is 23.5 Å². The van der Waals surface area contributed by atoms with Crippen molar-refractivity contribution in [1.82, 2.24) is 15.0 Å². The van der Waals surface area contributed by atoms with Crippen LogP contribution in [0.15, 0.2) is 28.8 Å². The monoisotopic (exact) mass is 401 g/mol. The van der Waals surface area contributed by atoms with E-state index >= 15 is 0 Å². The summed E-state index contributed by atoms with van der Waals surface area (Å²) in [6.07, 6.45) is 1.38. The first kappa shape index (κ1) is 19.7. The molecule has 0 atom stereocenters. The largest absolute Gasteiger partial charge is 0.486 e. The maximum Gasteiger partial charge on any atom is 0.410 e. The van der Waals surface area contributed by atoms with Crippen LogP contribution in [0.25, 0.3) is 11.4 Å². The molecule has 2 aliphatic heterocycles. The van der Waals surface area contributed by atoms with E-state index in [2.05, 4.69) is 10.1 Å². The lowest BCUT2D eigenvalue weighted by Crippen LogP contribution is -2.41. The first-order valence-electron chi connectivity index (χ1n) is 10.0. The molecular formula is C21H27N3O5. The topological polar surface area (TPSA) is 86.9 Å². The number of hydrogen-bond donors (Lipinski definition) is 0. The summed E-state index contributed by atoms with van der Waals surface area (Å²) >= 11 is 0. The molecule has 8 heteroatoms. The van der Waals surface area contributed by atoms with Gasteiger partial charge in [-0.2, -0.15) is 4.98 Å². The molecule has 0 spiro atoms. The van der Waals surface area contributed by atoms with E-state index in [0.717, 1.165) is 24.2 Å². The van der Waals surface area contributed by atoms with Gasteiger partial charge in [0, 0.05) is 24.6 Å². The fraction of sp³-hybridized carbons (Fsp3) is 0.571. The Morgan fingerprint density at radius 2 is 1.97 bits per heavy atom. The van der Waals surface area contributed by atoms with Gasteiger partial charge in [-0.25, -0.2) is 4.79 Å². The average molecular weight is 401 g/mol. The second-order valence-electron chi connectivity index (χ2n) is 8.50. The molecule has 8 nitrogen and oxygen atoms in total. The van der Waals surface area contributed by atoms with E-state index in [1.165, 1.54) is 0 Å². The van der Waals surface area contributed by atoms with Crippen LogP contribution >= 0.6 is 0 Å². The van der Waals surface area contributed by atoms with Gasteiger partial charge in [-0.1, -0.05) is 17.3 Å². The molecule has 2 saturated heterocycles. The number of ether oxygens (including phenoxy) is 3. The van der Waals surface area contributed by atoms with Crippen molar-refractivity contribution in [1.29, 1.82) is 0 Å². The zero-order valence-electron chi connectivity index (χ0n) is 17.1. The van der Waals surface area contributed by atoms with Crippen LogP contribution in [0.4, 0.5) is 4.79 Å². The van der Waals surface area contributed by atoms with Crippen LogP contribution < -0.4 is 4.74 Å². The third kappa shape index (κ3) is 4.87. The minimum Gasteiger partial charge on any atom is -0.486 e. The predicted octanol–water partition coefficient (Wildman–Crippen LogP) is 3.63. The summed E-state index contributed by atoms with van der Waals surface area (Å²) in [6.45, 7) is 8.10. The van der Waals surface area contributed by atoms with Crippen LogP contribution in [-0.4, -0.2) is 59.1 Å². The van der Waals surface area contributed by atoms with Crippen molar-refractivity contribution in [2.75, 3.05) is 26.3 Å². The molecule has 1 amide bonds. The summed E-state index contributed by atoms with van der Waals surface area (Å²) in [4.78, 5) is 18.5. The van der Waals surface area contributed by atoms with Gasteiger partial charge < -0.3 is 23.6 Å². The molecule has 1 aromatic heterocycles. The van der Waals surface area contributed by atoms with E-state index in [1.54, 1.807) is 4.90 Å². The van der Waals surface area contributed by atoms with Crippen molar-refractivity contribution >= 4 is 6.09 Å². The second-order valence-corrected chi connectivity index (χ2v) is 8.50. The maximum atomic E-state index is 12.2. The number of likely N-dealkylation sites (tertiary alicyclic amines) is 1. The van der Waals surface area contributed by atoms with E-state index in [1.807, 2.05) is 45.0 Å². The van der Waals surface area contributed by atoms with E-state index in [0.29, 0.717) is 38.0 Å². The SMILES string of the molecule is CC(C)(C)OC(=O)N1CCC(c2nc(-c3cccc(OC4COC4)c3)no2)CC1. The van der Waals surface area contributed by atoms with Crippen molar-refractivity contribution in [2.24, 2.45) is 0 Å². The lowest BCUT2D eigenvalue weighted by molar-refractivity contribution is -0.0796. The molecule has 1 aromatic carbocycles. The van der Waals surface area contributed by atoms with Gasteiger partial charge in [0.2, 0.25) is 11.7 Å². The van der Waals surface area contributed by atoms with Gasteiger partial charge in [0.05, 0.1) is 13.2 Å². The molecule has 2 aliphatic rings. The Labute approximate surface area is 170 Å². The molecule has 0 saturated carbocycles. The Morgan fingerprint density at radius 1 is 1.21 bits per heavy atom. The van der Waals surface area contributed by atoms with Crippen molar-refractivity contribution in [2.45, 2.75) is 51.2 Å². The number of amides is 1. The molecule has 2 aromatic rings. The van der Waals surface area contributed by atoms with Crippen LogP contribution in [0, 0.1) is 0 Å². The highest BCUT2D eigenvalue weighted by Crippen LogP contribution is 2.30. The summed E-state index contributed by atoms with van der Waals surface area (Å²) < 4.78 is 22.0. The normalized spacial score (nSPS) is 18.4. The maximum absolute atomic E-state index is 12.2. The lowest BCUT2D eigenvalue weighted by Gasteiger charge is -2.32. The Bertz CT molecular complexity index is 848. The molecule has 0 N–H and O–H groups in total. The van der Waals surface area contributed by atoms with Crippen molar-refractivity contribution in [3.63, 3.8) is 0 Å². The molecular weight excluding hydrogens is 374 g/mol. The summed E-state index contributed by atoms with van der Waals surface area (Å²) in [7, 11) is 0. The standard InChI is InChI=1S/C21H27N3O5/c1-21(2,3)28-20(25)24-9-7-14(8-10-24)19-22-18(23-29-19)15-5-4-6-16(11-15)27-17-12-26-13-17/h4-6,11,14,17H,7-10,12-13H2,1-3H3. The minimum atomic E-state index is -0.487. The number of hydrogen-bond acceptors (Lipinski definition) is 7.